The molecule has 1 aliphatic heterocycles. The Morgan fingerprint density at radius 2 is 1.29 bits per heavy atom. The summed E-state index contributed by atoms with van der Waals surface area (Å²) in [7, 11) is -7.02. The molecule has 0 amide bonds. The van der Waals surface area contributed by atoms with E-state index in [-0.39, 0.29) is 24.2 Å². The Kier molecular flexibility index (Phi) is 7.84. The zero-order valence-corrected chi connectivity index (χ0v) is 20.2. The summed E-state index contributed by atoms with van der Waals surface area (Å²) in [4.78, 5) is 2.62. The Labute approximate surface area is 187 Å². The van der Waals surface area contributed by atoms with E-state index in [1.165, 1.54) is 18.4 Å². The molecule has 9 heteroatoms. The summed E-state index contributed by atoms with van der Waals surface area (Å²) in [6.07, 6.45) is 9.33. The average molecular weight is 474 g/mol. The molecule has 1 saturated carbocycles. The van der Waals surface area contributed by atoms with Crippen LogP contribution in [-0.2, 0) is 34.1 Å². The van der Waals surface area contributed by atoms with Crippen molar-refractivity contribution in [3.63, 3.8) is 0 Å². The lowest BCUT2D eigenvalue weighted by Crippen LogP contribution is -2.49. The summed E-state index contributed by atoms with van der Waals surface area (Å²) in [6.45, 7) is 2.41. The van der Waals surface area contributed by atoms with Gasteiger partial charge in [-0.3, -0.25) is 13.3 Å². The molecule has 0 unspecified atom stereocenters. The third kappa shape index (κ3) is 6.74. The van der Waals surface area contributed by atoms with E-state index in [4.69, 9.17) is 8.37 Å². The Hall–Kier alpha value is -1.00. The fourth-order valence-corrected chi connectivity index (χ4v) is 6.09. The molecule has 2 aliphatic rings. The molecule has 31 heavy (non-hydrogen) atoms. The van der Waals surface area contributed by atoms with Crippen LogP contribution in [0.5, 0.6) is 0 Å². The number of hydrogen-bond acceptors (Lipinski definition) is 7. The van der Waals surface area contributed by atoms with Crippen LogP contribution in [0.15, 0.2) is 30.3 Å². The van der Waals surface area contributed by atoms with Crippen molar-refractivity contribution in [2.75, 3.05) is 38.8 Å². The summed E-state index contributed by atoms with van der Waals surface area (Å²) < 4.78 is 55.9. The fraction of sp³-hybridized carbons (Fsp3) is 0.727. The van der Waals surface area contributed by atoms with E-state index in [0.29, 0.717) is 12.8 Å². The van der Waals surface area contributed by atoms with Gasteiger partial charge in [0.1, 0.15) is 0 Å². The molecule has 0 spiro atoms. The minimum Gasteiger partial charge on any atom is -0.294 e. The Morgan fingerprint density at radius 3 is 1.74 bits per heavy atom. The van der Waals surface area contributed by atoms with E-state index in [1.54, 1.807) is 0 Å². The van der Waals surface area contributed by atoms with Gasteiger partial charge in [-0.05, 0) is 75.4 Å². The van der Waals surface area contributed by atoms with Gasteiger partial charge in [-0.1, -0.05) is 30.3 Å². The molecule has 2 fully saturated rings. The third-order valence-corrected chi connectivity index (χ3v) is 8.21. The Balaban J connectivity index is 1.78. The van der Waals surface area contributed by atoms with Crippen LogP contribution in [-0.4, -0.2) is 60.6 Å². The van der Waals surface area contributed by atoms with Crippen molar-refractivity contribution >= 4 is 20.2 Å². The molecule has 0 atom stereocenters. The maximum absolute atomic E-state index is 11.5. The number of likely N-dealkylation sites (tertiary alicyclic amines) is 1. The molecule has 0 N–H and O–H groups in total. The van der Waals surface area contributed by atoms with Crippen molar-refractivity contribution in [2.45, 2.75) is 56.9 Å². The maximum Gasteiger partial charge on any atom is 0.264 e. The highest BCUT2D eigenvalue weighted by Crippen LogP contribution is 2.52. The summed E-state index contributed by atoms with van der Waals surface area (Å²) in [6, 6.07) is 10.7. The summed E-state index contributed by atoms with van der Waals surface area (Å²) in [5.74, 6) is 0. The van der Waals surface area contributed by atoms with Crippen molar-refractivity contribution in [3.05, 3.63) is 35.9 Å². The van der Waals surface area contributed by atoms with E-state index < -0.39 is 20.2 Å². The highest BCUT2D eigenvalue weighted by Gasteiger charge is 2.47. The molecule has 0 radical (unpaired) electrons. The largest absolute Gasteiger partial charge is 0.294 e. The van der Waals surface area contributed by atoms with Gasteiger partial charge in [0.15, 0.2) is 0 Å². The van der Waals surface area contributed by atoms with Crippen molar-refractivity contribution in [3.8, 4) is 0 Å². The lowest BCUT2D eigenvalue weighted by Gasteiger charge is -2.51. The molecular formula is C22H35NO6S2. The van der Waals surface area contributed by atoms with Gasteiger partial charge in [0.2, 0.25) is 0 Å². The van der Waals surface area contributed by atoms with Crippen LogP contribution in [0, 0.1) is 5.41 Å². The minimum absolute atomic E-state index is 0.0172. The fourth-order valence-electron chi connectivity index (χ4n) is 5.32. The van der Waals surface area contributed by atoms with Crippen molar-refractivity contribution < 1.29 is 25.2 Å². The summed E-state index contributed by atoms with van der Waals surface area (Å²) in [5, 5.41) is 0. The molecule has 3 rings (SSSR count). The molecular weight excluding hydrogens is 438 g/mol. The first-order valence-electron chi connectivity index (χ1n) is 11.0. The number of nitrogens with zero attached hydrogens (tertiary/aromatic N) is 1. The third-order valence-electron chi connectivity index (χ3n) is 7.02. The van der Waals surface area contributed by atoms with Gasteiger partial charge in [-0.25, -0.2) is 0 Å². The zero-order valence-electron chi connectivity index (χ0n) is 18.6. The highest BCUT2D eigenvalue weighted by atomic mass is 32.2. The predicted molar refractivity (Wildman–Crippen MR) is 121 cm³/mol. The highest BCUT2D eigenvalue weighted by molar-refractivity contribution is 7.86. The topological polar surface area (TPSA) is 90.0 Å². The van der Waals surface area contributed by atoms with E-state index in [1.807, 2.05) is 6.07 Å². The van der Waals surface area contributed by atoms with Gasteiger partial charge in [-0.15, -0.1) is 0 Å². The number of rotatable bonds is 10. The van der Waals surface area contributed by atoms with Crippen LogP contribution in [0.1, 0.15) is 56.9 Å². The SMILES string of the molecule is CS(=O)(=O)OCCC1(CCOS(C)(=O)=O)CCC(c2ccccc2)(N2CCCC2)CC1. The monoisotopic (exact) mass is 473 g/mol. The number of hydrogen-bond donors (Lipinski definition) is 0. The quantitative estimate of drug-likeness (QED) is 0.482. The van der Waals surface area contributed by atoms with Gasteiger partial charge >= 0.3 is 0 Å². The zero-order chi connectivity index (χ0) is 22.6. The van der Waals surface area contributed by atoms with Gasteiger partial charge in [0.25, 0.3) is 20.2 Å². The van der Waals surface area contributed by atoms with Crippen LogP contribution >= 0.6 is 0 Å². The van der Waals surface area contributed by atoms with E-state index in [2.05, 4.69) is 29.2 Å². The molecule has 1 heterocycles. The molecule has 0 bridgehead atoms. The second-order valence-electron chi connectivity index (χ2n) is 9.14. The first kappa shape index (κ1) is 24.6. The second-order valence-corrected chi connectivity index (χ2v) is 12.4. The van der Waals surface area contributed by atoms with Gasteiger partial charge < -0.3 is 0 Å². The van der Waals surface area contributed by atoms with Crippen molar-refractivity contribution in [1.29, 1.82) is 0 Å². The Bertz CT molecular complexity index is 876. The van der Waals surface area contributed by atoms with Crippen LogP contribution in [0.2, 0.25) is 0 Å². The molecule has 1 aromatic rings. The standard InChI is InChI=1S/C22H35NO6S2/c1-30(24,25)28-18-14-21(15-19-29-31(2,26)27)10-12-22(13-11-21,23-16-6-7-17-23)20-8-4-3-5-9-20/h3-5,8-9H,6-7,10-19H2,1-2H3. The van der Waals surface area contributed by atoms with Crippen molar-refractivity contribution in [2.24, 2.45) is 5.41 Å². The molecule has 7 nitrogen and oxygen atoms in total. The average Bonchev–Trinajstić information content (AvgIpc) is 3.23. The van der Waals surface area contributed by atoms with Crippen molar-refractivity contribution in [1.82, 2.24) is 4.90 Å². The molecule has 1 aromatic carbocycles. The molecule has 1 saturated heterocycles. The first-order chi connectivity index (χ1) is 14.5. The predicted octanol–water partition coefficient (Wildman–Crippen LogP) is 3.27. The first-order valence-corrected chi connectivity index (χ1v) is 14.7. The van der Waals surface area contributed by atoms with E-state index >= 15 is 0 Å². The maximum atomic E-state index is 11.5. The lowest BCUT2D eigenvalue weighted by molar-refractivity contribution is -0.0000207. The lowest BCUT2D eigenvalue weighted by atomic mass is 9.62. The summed E-state index contributed by atoms with van der Waals surface area (Å²) >= 11 is 0. The second kappa shape index (κ2) is 9.87. The van der Waals surface area contributed by atoms with Crippen LogP contribution in [0.25, 0.3) is 0 Å². The smallest absolute Gasteiger partial charge is 0.264 e. The molecule has 176 valence electrons. The van der Waals surface area contributed by atoms with Crippen LogP contribution < -0.4 is 0 Å². The van der Waals surface area contributed by atoms with E-state index in [9.17, 15) is 16.8 Å². The van der Waals surface area contributed by atoms with Gasteiger partial charge in [0, 0.05) is 5.54 Å². The van der Waals surface area contributed by atoms with Crippen LogP contribution in [0.4, 0.5) is 0 Å². The number of benzene rings is 1. The molecule has 0 aromatic heterocycles. The molecule has 1 aliphatic carbocycles. The van der Waals surface area contributed by atoms with Crippen LogP contribution in [0.3, 0.4) is 0 Å². The Morgan fingerprint density at radius 1 is 0.806 bits per heavy atom. The van der Waals surface area contributed by atoms with Gasteiger partial charge in [-0.2, -0.15) is 16.8 Å². The normalized spacial score (nSPS) is 21.9. The van der Waals surface area contributed by atoms with E-state index in [0.717, 1.165) is 51.3 Å². The van der Waals surface area contributed by atoms with Gasteiger partial charge in [0.05, 0.1) is 25.7 Å². The summed E-state index contributed by atoms with van der Waals surface area (Å²) in [5.41, 5.74) is 1.12. The minimum atomic E-state index is -3.51.